The molecule has 7 nitrogen and oxygen atoms in total. The molecule has 28 heavy (non-hydrogen) atoms. The second-order valence-corrected chi connectivity index (χ2v) is 6.15. The van der Waals surface area contributed by atoms with Gasteiger partial charge in [0.2, 0.25) is 0 Å². The number of rotatable bonds is 5. The van der Waals surface area contributed by atoms with Gasteiger partial charge >= 0.3 is 0 Å². The lowest BCUT2D eigenvalue weighted by Gasteiger charge is -2.12. The first kappa shape index (κ1) is 19.1. The van der Waals surface area contributed by atoms with E-state index >= 15 is 0 Å². The first-order valence-corrected chi connectivity index (χ1v) is 8.54. The van der Waals surface area contributed by atoms with Crippen molar-refractivity contribution in [3.8, 4) is 0 Å². The number of carbonyl (C=O) groups excluding carboxylic acids is 2. The number of nitro benzene ring substituents is 1. The van der Waals surface area contributed by atoms with E-state index in [1.54, 1.807) is 54.6 Å². The van der Waals surface area contributed by atoms with Crippen LogP contribution in [-0.4, -0.2) is 16.7 Å². The van der Waals surface area contributed by atoms with E-state index in [1.165, 1.54) is 12.1 Å². The number of carbonyl (C=O) groups is 2. The highest BCUT2D eigenvalue weighted by molar-refractivity contribution is 6.32. The van der Waals surface area contributed by atoms with Gasteiger partial charge in [-0.3, -0.25) is 19.7 Å². The van der Waals surface area contributed by atoms with Crippen molar-refractivity contribution in [1.29, 1.82) is 0 Å². The van der Waals surface area contributed by atoms with E-state index in [9.17, 15) is 19.7 Å². The highest BCUT2D eigenvalue weighted by Gasteiger charge is 2.17. The number of anilines is 2. The average molecular weight is 396 g/mol. The van der Waals surface area contributed by atoms with Crippen molar-refractivity contribution in [3.05, 3.63) is 99.1 Å². The van der Waals surface area contributed by atoms with E-state index in [-0.39, 0.29) is 22.2 Å². The van der Waals surface area contributed by atoms with Crippen LogP contribution in [0.2, 0.25) is 5.02 Å². The number of nitro groups is 1. The quantitative estimate of drug-likeness (QED) is 0.480. The van der Waals surface area contributed by atoms with Crippen LogP contribution in [0.4, 0.5) is 17.1 Å². The first-order valence-electron chi connectivity index (χ1n) is 8.16. The molecule has 2 amide bonds. The van der Waals surface area contributed by atoms with Gasteiger partial charge in [0.05, 0.1) is 16.3 Å². The molecule has 0 fully saturated rings. The second kappa shape index (κ2) is 8.32. The van der Waals surface area contributed by atoms with Crippen LogP contribution in [0.3, 0.4) is 0 Å². The van der Waals surface area contributed by atoms with Gasteiger partial charge in [-0.25, -0.2) is 0 Å². The smallest absolute Gasteiger partial charge is 0.288 e. The molecule has 0 aliphatic heterocycles. The molecule has 2 N–H and O–H groups in total. The number of halogens is 1. The summed E-state index contributed by atoms with van der Waals surface area (Å²) in [6.45, 7) is 0. The number of hydrogen-bond acceptors (Lipinski definition) is 4. The van der Waals surface area contributed by atoms with Crippen molar-refractivity contribution in [1.82, 2.24) is 0 Å². The molecule has 0 saturated heterocycles. The minimum absolute atomic E-state index is 0.0583. The summed E-state index contributed by atoms with van der Waals surface area (Å²) in [4.78, 5) is 35.2. The van der Waals surface area contributed by atoms with Gasteiger partial charge in [-0.2, -0.15) is 0 Å². The van der Waals surface area contributed by atoms with E-state index in [0.717, 1.165) is 6.07 Å². The maximum atomic E-state index is 12.5. The number of hydrogen-bond donors (Lipinski definition) is 2. The Morgan fingerprint density at radius 3 is 1.89 bits per heavy atom. The molecule has 140 valence electrons. The highest BCUT2D eigenvalue weighted by atomic mass is 35.5. The third kappa shape index (κ3) is 4.33. The standard InChI is InChI=1S/C20H14ClN3O4/c21-15-11-10-14(12-18(15)24(27)28)20(26)23-17-9-5-4-8-16(17)22-19(25)13-6-2-1-3-7-13/h1-12H,(H,22,25)(H,23,26). The van der Waals surface area contributed by atoms with E-state index in [0.29, 0.717) is 16.9 Å². The molecule has 0 aliphatic carbocycles. The number of nitrogens with one attached hydrogen (secondary N) is 2. The minimum Gasteiger partial charge on any atom is -0.320 e. The molecule has 0 aliphatic rings. The molecular formula is C20H14ClN3O4. The number of nitrogens with zero attached hydrogens (tertiary/aromatic N) is 1. The zero-order chi connectivity index (χ0) is 20.1. The predicted octanol–water partition coefficient (Wildman–Crippen LogP) is 4.75. The third-order valence-corrected chi connectivity index (χ3v) is 4.18. The Balaban J connectivity index is 1.82. The molecule has 3 aromatic carbocycles. The Hall–Kier alpha value is -3.71. The van der Waals surface area contributed by atoms with Gasteiger partial charge in [-0.15, -0.1) is 0 Å². The summed E-state index contributed by atoms with van der Waals surface area (Å²) in [5, 5.41) is 16.3. The molecule has 0 unspecified atom stereocenters. The van der Waals surface area contributed by atoms with Crippen molar-refractivity contribution >= 4 is 40.5 Å². The molecule has 3 aromatic rings. The summed E-state index contributed by atoms with van der Waals surface area (Å²) >= 11 is 5.78. The molecule has 3 rings (SSSR count). The van der Waals surface area contributed by atoms with Crippen LogP contribution in [0.1, 0.15) is 20.7 Å². The van der Waals surface area contributed by atoms with Crippen LogP contribution < -0.4 is 10.6 Å². The van der Waals surface area contributed by atoms with Crippen molar-refractivity contribution in [2.24, 2.45) is 0 Å². The molecule has 0 saturated carbocycles. The van der Waals surface area contributed by atoms with Gasteiger partial charge in [-0.05, 0) is 36.4 Å². The largest absolute Gasteiger partial charge is 0.320 e. The number of amides is 2. The number of para-hydroxylation sites is 2. The first-order chi connectivity index (χ1) is 13.5. The lowest BCUT2D eigenvalue weighted by atomic mass is 10.1. The van der Waals surface area contributed by atoms with E-state index in [4.69, 9.17) is 11.6 Å². The van der Waals surface area contributed by atoms with Gasteiger partial charge in [0.1, 0.15) is 5.02 Å². The minimum atomic E-state index is -0.660. The Bertz CT molecular complexity index is 1050. The molecule has 0 bridgehead atoms. The van der Waals surface area contributed by atoms with Crippen LogP contribution in [0.25, 0.3) is 0 Å². The van der Waals surface area contributed by atoms with Gasteiger partial charge in [0.25, 0.3) is 17.5 Å². The summed E-state index contributed by atoms with van der Waals surface area (Å²) in [5.74, 6) is -0.898. The highest BCUT2D eigenvalue weighted by Crippen LogP contribution is 2.27. The van der Waals surface area contributed by atoms with Crippen molar-refractivity contribution in [3.63, 3.8) is 0 Å². The monoisotopic (exact) mass is 395 g/mol. The molecule has 0 atom stereocenters. The average Bonchev–Trinajstić information content (AvgIpc) is 2.70. The second-order valence-electron chi connectivity index (χ2n) is 5.74. The predicted molar refractivity (Wildman–Crippen MR) is 107 cm³/mol. The van der Waals surface area contributed by atoms with E-state index < -0.39 is 10.8 Å². The lowest BCUT2D eigenvalue weighted by Crippen LogP contribution is -2.16. The van der Waals surface area contributed by atoms with Crippen molar-refractivity contribution in [2.75, 3.05) is 10.6 Å². The molecule has 0 heterocycles. The zero-order valence-electron chi connectivity index (χ0n) is 14.4. The molecule has 0 spiro atoms. The van der Waals surface area contributed by atoms with Crippen LogP contribution in [0, 0.1) is 10.1 Å². The van der Waals surface area contributed by atoms with Gasteiger partial charge in [0, 0.05) is 17.2 Å². The maximum Gasteiger partial charge on any atom is 0.288 e. The summed E-state index contributed by atoms with van der Waals surface area (Å²) in [5.41, 5.74) is 0.930. The zero-order valence-corrected chi connectivity index (χ0v) is 15.1. The maximum absolute atomic E-state index is 12.5. The van der Waals surface area contributed by atoms with E-state index in [2.05, 4.69) is 10.6 Å². The van der Waals surface area contributed by atoms with Gasteiger partial charge in [-0.1, -0.05) is 41.9 Å². The fraction of sp³-hybridized carbons (Fsp3) is 0. The van der Waals surface area contributed by atoms with Gasteiger partial charge in [0.15, 0.2) is 0 Å². The Morgan fingerprint density at radius 2 is 1.32 bits per heavy atom. The fourth-order valence-corrected chi connectivity index (χ4v) is 2.66. The fourth-order valence-electron chi connectivity index (χ4n) is 2.47. The van der Waals surface area contributed by atoms with Crippen LogP contribution in [0.15, 0.2) is 72.8 Å². The topological polar surface area (TPSA) is 101 Å². The van der Waals surface area contributed by atoms with Crippen molar-refractivity contribution < 1.29 is 14.5 Å². The van der Waals surface area contributed by atoms with Gasteiger partial charge < -0.3 is 10.6 Å². The SMILES string of the molecule is O=C(Nc1ccccc1NC(=O)c1ccc(Cl)c([N+](=O)[O-])c1)c1ccccc1. The summed E-state index contributed by atoms with van der Waals surface area (Å²) in [6, 6.07) is 19.1. The Labute approximate surface area is 165 Å². The lowest BCUT2D eigenvalue weighted by molar-refractivity contribution is -0.384. The summed E-state index contributed by atoms with van der Waals surface area (Å²) in [7, 11) is 0. The Morgan fingerprint density at radius 1 is 0.786 bits per heavy atom. The van der Waals surface area contributed by atoms with Crippen LogP contribution in [0.5, 0.6) is 0 Å². The summed E-state index contributed by atoms with van der Waals surface area (Å²) in [6.07, 6.45) is 0. The Kier molecular flexibility index (Phi) is 5.67. The normalized spacial score (nSPS) is 10.2. The molecule has 0 aromatic heterocycles. The van der Waals surface area contributed by atoms with E-state index in [1.807, 2.05) is 0 Å². The van der Waals surface area contributed by atoms with Crippen LogP contribution >= 0.6 is 11.6 Å². The molecule has 8 heteroatoms. The third-order valence-electron chi connectivity index (χ3n) is 3.86. The van der Waals surface area contributed by atoms with Crippen LogP contribution in [-0.2, 0) is 0 Å². The van der Waals surface area contributed by atoms with Crippen molar-refractivity contribution in [2.45, 2.75) is 0 Å². The molecule has 0 radical (unpaired) electrons. The molecular weight excluding hydrogens is 382 g/mol. The summed E-state index contributed by atoms with van der Waals surface area (Å²) < 4.78 is 0. The number of benzene rings is 3.